The lowest BCUT2D eigenvalue weighted by Crippen LogP contribution is -1.96. The van der Waals surface area contributed by atoms with E-state index in [0.717, 1.165) is 5.57 Å². The van der Waals surface area contributed by atoms with Crippen LogP contribution in [0.25, 0.3) is 0 Å². The Bertz CT molecular complexity index is 224. The van der Waals surface area contributed by atoms with Crippen molar-refractivity contribution in [2.75, 3.05) is 0 Å². The highest BCUT2D eigenvalue weighted by atomic mass is 35.5. The second-order valence-electron chi connectivity index (χ2n) is 2.00. The van der Waals surface area contributed by atoms with Gasteiger partial charge < -0.3 is 5.73 Å². The topological polar surface area (TPSA) is 26.0 Å². The van der Waals surface area contributed by atoms with E-state index in [1.807, 2.05) is 6.92 Å². The summed E-state index contributed by atoms with van der Waals surface area (Å²) in [7, 11) is 0. The molecule has 0 fully saturated rings. The summed E-state index contributed by atoms with van der Waals surface area (Å²) < 4.78 is 0. The van der Waals surface area contributed by atoms with Gasteiger partial charge in [0.1, 0.15) is 0 Å². The van der Waals surface area contributed by atoms with Crippen molar-refractivity contribution in [2.24, 2.45) is 5.73 Å². The molecule has 0 rings (SSSR count). The molecular formula is C9H12ClN. The molecule has 2 heteroatoms. The van der Waals surface area contributed by atoms with Gasteiger partial charge in [-0.2, -0.15) is 0 Å². The molecule has 0 aromatic rings. The van der Waals surface area contributed by atoms with Crippen molar-refractivity contribution in [3.63, 3.8) is 0 Å². The number of nitrogens with two attached hydrogens (primary N) is 1. The van der Waals surface area contributed by atoms with Crippen LogP contribution in [0.2, 0.25) is 0 Å². The lowest BCUT2D eigenvalue weighted by atomic mass is 10.2. The molecule has 0 aliphatic heterocycles. The Balaban J connectivity index is 4.62. The van der Waals surface area contributed by atoms with Gasteiger partial charge in [0.25, 0.3) is 0 Å². The van der Waals surface area contributed by atoms with Crippen molar-refractivity contribution in [2.45, 2.75) is 6.92 Å². The van der Waals surface area contributed by atoms with E-state index >= 15 is 0 Å². The van der Waals surface area contributed by atoms with Crippen molar-refractivity contribution in [3.05, 3.63) is 47.7 Å². The Morgan fingerprint density at radius 2 is 2.09 bits per heavy atom. The third-order valence-corrected chi connectivity index (χ3v) is 1.49. The van der Waals surface area contributed by atoms with Crippen LogP contribution in [0, 0.1) is 0 Å². The molecule has 0 spiro atoms. The summed E-state index contributed by atoms with van der Waals surface area (Å²) >= 11 is 5.72. The van der Waals surface area contributed by atoms with E-state index in [0.29, 0.717) is 10.7 Å². The smallest absolute Gasteiger partial charge is 0.0370 e. The van der Waals surface area contributed by atoms with Gasteiger partial charge in [0, 0.05) is 10.7 Å². The van der Waals surface area contributed by atoms with E-state index < -0.39 is 0 Å². The highest BCUT2D eigenvalue weighted by Gasteiger charge is 1.92. The first kappa shape index (κ1) is 10.0. The summed E-state index contributed by atoms with van der Waals surface area (Å²) in [6, 6.07) is 0. The zero-order chi connectivity index (χ0) is 8.85. The van der Waals surface area contributed by atoms with Crippen LogP contribution in [0.15, 0.2) is 47.7 Å². The molecule has 0 aromatic carbocycles. The second kappa shape index (κ2) is 4.80. The Labute approximate surface area is 72.5 Å². The van der Waals surface area contributed by atoms with Crippen LogP contribution in [0.5, 0.6) is 0 Å². The zero-order valence-electron chi connectivity index (χ0n) is 6.60. The number of hydrogen-bond acceptors (Lipinski definition) is 1. The third-order valence-electron chi connectivity index (χ3n) is 1.16. The summed E-state index contributed by atoms with van der Waals surface area (Å²) in [4.78, 5) is 0. The summed E-state index contributed by atoms with van der Waals surface area (Å²) in [5, 5.41) is 0.631. The average Bonchev–Trinajstić information content (AvgIpc) is 1.99. The van der Waals surface area contributed by atoms with Crippen molar-refractivity contribution < 1.29 is 0 Å². The maximum Gasteiger partial charge on any atom is 0.0370 e. The fraction of sp³-hybridized carbons (Fsp3) is 0.111. The highest BCUT2D eigenvalue weighted by molar-refractivity contribution is 6.31. The summed E-state index contributed by atoms with van der Waals surface area (Å²) in [5.74, 6) is 0. The molecule has 0 aliphatic rings. The van der Waals surface area contributed by atoms with Crippen LogP contribution in [-0.2, 0) is 0 Å². The molecule has 0 atom stereocenters. The molecule has 0 amide bonds. The van der Waals surface area contributed by atoms with E-state index in [4.69, 9.17) is 17.3 Å². The molecule has 2 N–H and O–H groups in total. The highest BCUT2D eigenvalue weighted by Crippen LogP contribution is 2.10. The summed E-state index contributed by atoms with van der Waals surface area (Å²) in [6.45, 7) is 8.99. The standard InChI is InChI=1S/C9H12ClN/c1-4-8(7(3)11)6-9(10)5-2/h4-6H,1,3,11H2,2H3/b8-6-,9-5+. The molecule has 11 heavy (non-hydrogen) atoms. The van der Waals surface area contributed by atoms with Gasteiger partial charge in [0.2, 0.25) is 0 Å². The monoisotopic (exact) mass is 169 g/mol. The molecule has 60 valence electrons. The van der Waals surface area contributed by atoms with Gasteiger partial charge in [0.15, 0.2) is 0 Å². The molecular weight excluding hydrogens is 158 g/mol. The van der Waals surface area contributed by atoms with Gasteiger partial charge in [-0.1, -0.05) is 36.9 Å². The van der Waals surface area contributed by atoms with Gasteiger partial charge in [-0.05, 0) is 18.6 Å². The fourth-order valence-corrected chi connectivity index (χ4v) is 0.632. The minimum atomic E-state index is 0.472. The fourth-order valence-electron chi connectivity index (χ4n) is 0.515. The number of hydrogen-bond donors (Lipinski definition) is 1. The second-order valence-corrected chi connectivity index (χ2v) is 2.44. The Morgan fingerprint density at radius 3 is 2.36 bits per heavy atom. The Kier molecular flexibility index (Phi) is 4.39. The largest absolute Gasteiger partial charge is 0.399 e. The maximum atomic E-state index is 5.72. The molecule has 0 saturated carbocycles. The molecule has 0 radical (unpaired) electrons. The predicted octanol–water partition coefficient (Wildman–Crippen LogP) is 2.71. The molecule has 0 unspecified atom stereocenters. The van der Waals surface area contributed by atoms with Crippen molar-refractivity contribution in [3.8, 4) is 0 Å². The quantitative estimate of drug-likeness (QED) is 0.646. The Hall–Kier alpha value is -0.950. The van der Waals surface area contributed by atoms with Crippen molar-refractivity contribution in [1.29, 1.82) is 0 Å². The molecule has 0 aromatic heterocycles. The van der Waals surface area contributed by atoms with Crippen LogP contribution in [0.1, 0.15) is 6.92 Å². The van der Waals surface area contributed by atoms with Gasteiger partial charge in [-0.25, -0.2) is 0 Å². The molecule has 0 saturated heterocycles. The van der Waals surface area contributed by atoms with Crippen molar-refractivity contribution in [1.82, 2.24) is 0 Å². The predicted molar refractivity (Wildman–Crippen MR) is 51.2 cm³/mol. The average molecular weight is 170 g/mol. The lowest BCUT2D eigenvalue weighted by Gasteiger charge is -1.98. The van der Waals surface area contributed by atoms with Crippen LogP contribution in [-0.4, -0.2) is 0 Å². The summed E-state index contributed by atoms with van der Waals surface area (Å²) in [6.07, 6.45) is 5.11. The number of allylic oxidation sites excluding steroid dienone is 4. The minimum absolute atomic E-state index is 0.472. The van der Waals surface area contributed by atoms with E-state index in [1.54, 1.807) is 18.2 Å². The van der Waals surface area contributed by atoms with E-state index in [2.05, 4.69) is 13.2 Å². The first-order valence-electron chi connectivity index (χ1n) is 3.22. The van der Waals surface area contributed by atoms with E-state index in [9.17, 15) is 0 Å². The van der Waals surface area contributed by atoms with E-state index in [-0.39, 0.29) is 0 Å². The number of rotatable bonds is 3. The van der Waals surface area contributed by atoms with Gasteiger partial charge in [-0.15, -0.1) is 0 Å². The van der Waals surface area contributed by atoms with Crippen LogP contribution in [0.3, 0.4) is 0 Å². The molecule has 0 aliphatic carbocycles. The molecule has 0 heterocycles. The van der Waals surface area contributed by atoms with Crippen molar-refractivity contribution >= 4 is 11.6 Å². The van der Waals surface area contributed by atoms with Gasteiger partial charge >= 0.3 is 0 Å². The third kappa shape index (κ3) is 3.68. The molecule has 1 nitrogen and oxygen atoms in total. The summed E-state index contributed by atoms with van der Waals surface area (Å²) in [5.41, 5.74) is 6.66. The van der Waals surface area contributed by atoms with Gasteiger partial charge in [0.05, 0.1) is 0 Å². The Morgan fingerprint density at radius 1 is 1.55 bits per heavy atom. The van der Waals surface area contributed by atoms with Gasteiger partial charge in [-0.3, -0.25) is 0 Å². The lowest BCUT2D eigenvalue weighted by molar-refractivity contribution is 1.37. The first-order chi connectivity index (χ1) is 5.11. The number of halogens is 1. The molecule has 0 bridgehead atoms. The van der Waals surface area contributed by atoms with Crippen LogP contribution >= 0.6 is 11.6 Å². The van der Waals surface area contributed by atoms with E-state index in [1.165, 1.54) is 0 Å². The normalized spacial score (nSPS) is 12.9. The zero-order valence-corrected chi connectivity index (χ0v) is 7.36. The maximum absolute atomic E-state index is 5.72. The van der Waals surface area contributed by atoms with Crippen LogP contribution < -0.4 is 5.73 Å². The minimum Gasteiger partial charge on any atom is -0.399 e. The SMILES string of the molecule is C=C/C(=C/C(Cl)=C\C)C(=C)N. The van der Waals surface area contributed by atoms with Crippen LogP contribution in [0.4, 0.5) is 0 Å². The first-order valence-corrected chi connectivity index (χ1v) is 3.60.